The first-order valence-electron chi connectivity index (χ1n) is 6.61. The number of ether oxygens (including phenoxy) is 1. The summed E-state index contributed by atoms with van der Waals surface area (Å²) in [6.07, 6.45) is 0. The van der Waals surface area contributed by atoms with E-state index in [1.54, 1.807) is 0 Å². The van der Waals surface area contributed by atoms with Gasteiger partial charge in [0.1, 0.15) is 11.6 Å². The van der Waals surface area contributed by atoms with Crippen LogP contribution in [-0.2, 0) is 0 Å². The lowest BCUT2D eigenvalue weighted by atomic mass is 10.2. The zero-order valence-corrected chi connectivity index (χ0v) is 12.3. The molecule has 20 heavy (non-hydrogen) atoms. The van der Waals surface area contributed by atoms with Gasteiger partial charge in [-0.2, -0.15) is 4.98 Å². The fourth-order valence-electron chi connectivity index (χ4n) is 1.79. The molecule has 0 atom stereocenters. The Kier molecular flexibility index (Phi) is 4.20. The van der Waals surface area contributed by atoms with Crippen LogP contribution in [0.4, 0.5) is 5.82 Å². The molecular formula is C15H20N4O. The highest BCUT2D eigenvalue weighted by Gasteiger charge is 2.14. The molecule has 5 nitrogen and oxygen atoms in total. The molecule has 0 saturated carbocycles. The minimum Gasteiger partial charge on any atom is -0.438 e. The number of anilines is 1. The molecule has 1 aromatic heterocycles. The summed E-state index contributed by atoms with van der Waals surface area (Å²) in [6.45, 7) is 7.94. The van der Waals surface area contributed by atoms with Crippen LogP contribution in [0.5, 0.6) is 11.6 Å². The molecule has 106 valence electrons. The third kappa shape index (κ3) is 2.88. The number of hydrogen-bond donors (Lipinski definition) is 2. The number of nitrogens with one attached hydrogen (secondary N) is 1. The Morgan fingerprint density at radius 2 is 1.85 bits per heavy atom. The number of nitrogen functional groups attached to an aromatic ring is 1. The van der Waals surface area contributed by atoms with Crippen molar-refractivity contribution in [2.45, 2.75) is 33.6 Å². The van der Waals surface area contributed by atoms with Crippen molar-refractivity contribution in [3.63, 3.8) is 0 Å². The van der Waals surface area contributed by atoms with E-state index in [0.29, 0.717) is 17.5 Å². The smallest absolute Gasteiger partial charge is 0.227 e. The van der Waals surface area contributed by atoms with Crippen LogP contribution in [0.1, 0.15) is 36.7 Å². The maximum absolute atomic E-state index is 5.93. The Balaban J connectivity index is 2.45. The number of aromatic nitrogens is 2. The molecule has 1 aromatic carbocycles. The molecular weight excluding hydrogens is 252 g/mol. The van der Waals surface area contributed by atoms with E-state index in [4.69, 9.17) is 10.6 Å². The highest BCUT2D eigenvalue weighted by molar-refractivity contribution is 5.49. The van der Waals surface area contributed by atoms with Gasteiger partial charge in [0.25, 0.3) is 0 Å². The van der Waals surface area contributed by atoms with Gasteiger partial charge in [-0.25, -0.2) is 10.8 Å². The number of hydrazine groups is 1. The zero-order chi connectivity index (χ0) is 14.7. The van der Waals surface area contributed by atoms with Crippen molar-refractivity contribution < 1.29 is 4.74 Å². The van der Waals surface area contributed by atoms with Gasteiger partial charge in [0.05, 0.1) is 5.56 Å². The molecule has 0 unspecified atom stereocenters. The normalized spacial score (nSPS) is 10.7. The van der Waals surface area contributed by atoms with E-state index >= 15 is 0 Å². The lowest BCUT2D eigenvalue weighted by Crippen LogP contribution is -2.13. The lowest BCUT2D eigenvalue weighted by molar-refractivity contribution is 0.450. The largest absolute Gasteiger partial charge is 0.438 e. The molecule has 1 heterocycles. The first-order chi connectivity index (χ1) is 9.52. The fourth-order valence-corrected chi connectivity index (χ4v) is 1.79. The number of benzene rings is 1. The number of para-hydroxylation sites is 1. The molecule has 0 aliphatic heterocycles. The summed E-state index contributed by atoms with van der Waals surface area (Å²) >= 11 is 0. The van der Waals surface area contributed by atoms with E-state index in [1.165, 1.54) is 0 Å². The molecule has 0 bridgehead atoms. The van der Waals surface area contributed by atoms with Crippen molar-refractivity contribution >= 4 is 5.82 Å². The van der Waals surface area contributed by atoms with Gasteiger partial charge >= 0.3 is 0 Å². The molecule has 0 aliphatic rings. The van der Waals surface area contributed by atoms with E-state index in [1.807, 2.05) is 52.0 Å². The van der Waals surface area contributed by atoms with E-state index in [0.717, 1.165) is 16.9 Å². The molecule has 3 N–H and O–H groups in total. The van der Waals surface area contributed by atoms with Gasteiger partial charge < -0.3 is 10.2 Å². The van der Waals surface area contributed by atoms with Crippen LogP contribution in [0.25, 0.3) is 0 Å². The Labute approximate surface area is 119 Å². The molecule has 0 aliphatic carbocycles. The van der Waals surface area contributed by atoms with Crippen molar-refractivity contribution in [2.24, 2.45) is 5.84 Å². The second-order valence-electron chi connectivity index (χ2n) is 5.03. The molecule has 0 fully saturated rings. The van der Waals surface area contributed by atoms with Crippen molar-refractivity contribution in [1.82, 2.24) is 9.97 Å². The topological polar surface area (TPSA) is 73.1 Å². The van der Waals surface area contributed by atoms with Gasteiger partial charge in [-0.1, -0.05) is 32.0 Å². The summed E-state index contributed by atoms with van der Waals surface area (Å²) in [6, 6.07) is 7.82. The van der Waals surface area contributed by atoms with Crippen LogP contribution in [0.3, 0.4) is 0 Å². The van der Waals surface area contributed by atoms with Gasteiger partial charge in [-0.05, 0) is 25.5 Å². The summed E-state index contributed by atoms with van der Waals surface area (Å²) < 4.78 is 5.93. The van der Waals surface area contributed by atoms with Crippen LogP contribution in [0, 0.1) is 13.8 Å². The van der Waals surface area contributed by atoms with Crippen molar-refractivity contribution in [3.8, 4) is 11.6 Å². The van der Waals surface area contributed by atoms with Crippen LogP contribution in [-0.4, -0.2) is 9.97 Å². The standard InChI is InChI=1S/C15H20N4O/c1-9(2)13-17-14(19-16)11(4)15(18-13)20-12-8-6-5-7-10(12)3/h5-9H,16H2,1-4H3,(H,17,18,19). The summed E-state index contributed by atoms with van der Waals surface area (Å²) in [5.74, 6) is 8.32. The molecule has 0 amide bonds. The maximum atomic E-state index is 5.93. The van der Waals surface area contributed by atoms with Crippen molar-refractivity contribution in [1.29, 1.82) is 0 Å². The van der Waals surface area contributed by atoms with Crippen LogP contribution in [0.2, 0.25) is 0 Å². The number of rotatable bonds is 4. The highest BCUT2D eigenvalue weighted by atomic mass is 16.5. The molecule has 0 saturated heterocycles. The van der Waals surface area contributed by atoms with Gasteiger partial charge in [0, 0.05) is 5.92 Å². The minimum absolute atomic E-state index is 0.196. The van der Waals surface area contributed by atoms with Crippen LogP contribution in [0.15, 0.2) is 24.3 Å². The predicted octanol–water partition coefficient (Wildman–Crippen LogP) is 3.29. The number of hydrogen-bond acceptors (Lipinski definition) is 5. The second kappa shape index (κ2) is 5.88. The maximum Gasteiger partial charge on any atom is 0.227 e. The van der Waals surface area contributed by atoms with Gasteiger partial charge in [0.2, 0.25) is 5.88 Å². The van der Waals surface area contributed by atoms with Crippen LogP contribution >= 0.6 is 0 Å². The van der Waals surface area contributed by atoms with E-state index < -0.39 is 0 Å². The Hall–Kier alpha value is -2.14. The summed E-state index contributed by atoms with van der Waals surface area (Å²) in [5, 5.41) is 0. The van der Waals surface area contributed by atoms with Crippen LogP contribution < -0.4 is 16.0 Å². The average Bonchev–Trinajstić information content (AvgIpc) is 2.43. The van der Waals surface area contributed by atoms with E-state index in [2.05, 4.69) is 15.4 Å². The van der Waals surface area contributed by atoms with Gasteiger partial charge in [0.15, 0.2) is 5.82 Å². The summed E-state index contributed by atoms with van der Waals surface area (Å²) in [7, 11) is 0. The third-order valence-corrected chi connectivity index (χ3v) is 3.07. The SMILES string of the molecule is Cc1ccccc1Oc1nc(C(C)C)nc(NN)c1C. The Morgan fingerprint density at radius 3 is 2.45 bits per heavy atom. The minimum atomic E-state index is 0.196. The van der Waals surface area contributed by atoms with Gasteiger partial charge in [-0.3, -0.25) is 0 Å². The monoisotopic (exact) mass is 272 g/mol. The summed E-state index contributed by atoms with van der Waals surface area (Å²) in [4.78, 5) is 8.88. The Bertz CT molecular complexity index is 611. The molecule has 2 aromatic rings. The quantitative estimate of drug-likeness (QED) is 0.660. The lowest BCUT2D eigenvalue weighted by Gasteiger charge is -2.15. The zero-order valence-electron chi connectivity index (χ0n) is 12.3. The second-order valence-corrected chi connectivity index (χ2v) is 5.03. The van der Waals surface area contributed by atoms with E-state index in [-0.39, 0.29) is 5.92 Å². The van der Waals surface area contributed by atoms with Crippen molar-refractivity contribution in [2.75, 3.05) is 5.43 Å². The Morgan fingerprint density at radius 1 is 1.15 bits per heavy atom. The molecule has 0 radical (unpaired) electrons. The average molecular weight is 272 g/mol. The first-order valence-corrected chi connectivity index (χ1v) is 6.61. The van der Waals surface area contributed by atoms with Crippen molar-refractivity contribution in [3.05, 3.63) is 41.2 Å². The predicted molar refractivity (Wildman–Crippen MR) is 79.9 cm³/mol. The van der Waals surface area contributed by atoms with Gasteiger partial charge in [-0.15, -0.1) is 0 Å². The summed E-state index contributed by atoms with van der Waals surface area (Å²) in [5.41, 5.74) is 4.45. The fraction of sp³-hybridized carbons (Fsp3) is 0.333. The molecule has 5 heteroatoms. The number of nitrogens with zero attached hydrogens (tertiary/aromatic N) is 2. The van der Waals surface area contributed by atoms with E-state index in [9.17, 15) is 0 Å². The number of aryl methyl sites for hydroxylation is 1. The molecule has 2 rings (SSSR count). The first kappa shape index (κ1) is 14.3. The number of nitrogens with two attached hydrogens (primary N) is 1. The third-order valence-electron chi connectivity index (χ3n) is 3.07. The molecule has 0 spiro atoms. The highest BCUT2D eigenvalue weighted by Crippen LogP contribution is 2.29.